The van der Waals surface area contributed by atoms with Crippen molar-refractivity contribution >= 4 is 5.91 Å². The molecular formula is C17H27NO3. The van der Waals surface area contributed by atoms with Crippen LogP contribution >= 0.6 is 0 Å². The van der Waals surface area contributed by atoms with Crippen LogP contribution in [0.3, 0.4) is 0 Å². The van der Waals surface area contributed by atoms with Gasteiger partial charge in [-0.25, -0.2) is 0 Å². The number of hydrogen-bond acceptors (Lipinski definition) is 3. The lowest BCUT2D eigenvalue weighted by Gasteiger charge is -2.23. The van der Waals surface area contributed by atoms with E-state index in [-0.39, 0.29) is 30.4 Å². The maximum absolute atomic E-state index is 11.8. The predicted octanol–water partition coefficient (Wildman–Crippen LogP) is 2.68. The number of phenols is 1. The summed E-state index contributed by atoms with van der Waals surface area (Å²) in [5.41, 5.74) is 1.82. The van der Waals surface area contributed by atoms with E-state index in [1.165, 1.54) is 0 Å². The van der Waals surface area contributed by atoms with Gasteiger partial charge >= 0.3 is 0 Å². The van der Waals surface area contributed by atoms with Crippen LogP contribution in [0, 0.1) is 0 Å². The molecule has 0 heterocycles. The maximum Gasteiger partial charge on any atom is 0.220 e. The van der Waals surface area contributed by atoms with Gasteiger partial charge in [-0.2, -0.15) is 0 Å². The number of aromatic hydroxyl groups is 1. The van der Waals surface area contributed by atoms with Gasteiger partial charge in [0, 0.05) is 13.0 Å². The Hall–Kier alpha value is -1.55. The normalized spacial score (nSPS) is 13.0. The van der Waals surface area contributed by atoms with E-state index in [1.807, 2.05) is 19.1 Å². The van der Waals surface area contributed by atoms with Gasteiger partial charge in [0.25, 0.3) is 0 Å². The third kappa shape index (κ3) is 5.05. The van der Waals surface area contributed by atoms with Crippen molar-refractivity contribution in [2.75, 3.05) is 13.2 Å². The number of hydrogen-bond donors (Lipinski definition) is 3. The van der Waals surface area contributed by atoms with Gasteiger partial charge in [-0.1, -0.05) is 39.8 Å². The van der Waals surface area contributed by atoms with Crippen molar-refractivity contribution in [2.45, 2.75) is 51.9 Å². The van der Waals surface area contributed by atoms with Crippen LogP contribution in [0.1, 0.15) is 57.6 Å². The third-order valence-corrected chi connectivity index (χ3v) is 3.66. The lowest BCUT2D eigenvalue weighted by Crippen LogP contribution is -2.27. The second kappa shape index (κ2) is 7.46. The number of aliphatic hydroxyl groups excluding tert-OH is 1. The van der Waals surface area contributed by atoms with Crippen LogP contribution in [0.4, 0.5) is 0 Å². The van der Waals surface area contributed by atoms with Crippen LogP contribution in [0.25, 0.3) is 0 Å². The summed E-state index contributed by atoms with van der Waals surface area (Å²) in [6.45, 7) is 8.46. The molecule has 0 radical (unpaired) electrons. The zero-order chi connectivity index (χ0) is 16.0. The highest BCUT2D eigenvalue weighted by Crippen LogP contribution is 2.34. The second-order valence-corrected chi connectivity index (χ2v) is 6.41. The first-order valence-corrected chi connectivity index (χ1v) is 7.50. The third-order valence-electron chi connectivity index (χ3n) is 3.66. The summed E-state index contributed by atoms with van der Waals surface area (Å²) in [5.74, 6) is 0.359. The Kier molecular flexibility index (Phi) is 6.21. The molecule has 0 aromatic heterocycles. The van der Waals surface area contributed by atoms with Gasteiger partial charge in [0.05, 0.1) is 6.61 Å². The molecule has 0 aliphatic carbocycles. The molecule has 0 spiro atoms. The number of carbonyl (C=O) groups is 1. The van der Waals surface area contributed by atoms with Crippen molar-refractivity contribution in [3.8, 4) is 5.75 Å². The lowest BCUT2D eigenvalue weighted by atomic mass is 9.82. The molecule has 1 aromatic carbocycles. The van der Waals surface area contributed by atoms with Gasteiger partial charge in [-0.05, 0) is 34.9 Å². The van der Waals surface area contributed by atoms with E-state index in [0.29, 0.717) is 12.2 Å². The van der Waals surface area contributed by atoms with E-state index in [2.05, 4.69) is 26.1 Å². The van der Waals surface area contributed by atoms with Gasteiger partial charge in [-0.15, -0.1) is 0 Å². The summed E-state index contributed by atoms with van der Waals surface area (Å²) in [6.07, 6.45) is 1.24. The molecule has 0 aliphatic rings. The molecule has 21 heavy (non-hydrogen) atoms. The molecule has 0 fully saturated rings. The van der Waals surface area contributed by atoms with Crippen molar-refractivity contribution in [1.29, 1.82) is 0 Å². The van der Waals surface area contributed by atoms with Crippen LogP contribution in [0.5, 0.6) is 5.75 Å². The molecule has 4 nitrogen and oxygen atoms in total. The molecule has 4 heteroatoms. The minimum atomic E-state index is -0.141. The standard InChI is InChI=1S/C17H27NO3/c1-5-12(11-16(21)18-8-9-19)13-6-7-15(20)14(10-13)17(2,3)4/h6-7,10,12,19-20H,5,8-9,11H2,1-4H3,(H,18,21). The summed E-state index contributed by atoms with van der Waals surface area (Å²) < 4.78 is 0. The molecule has 0 bridgehead atoms. The highest BCUT2D eigenvalue weighted by molar-refractivity contribution is 5.76. The van der Waals surface area contributed by atoms with Gasteiger partial charge in [-0.3, -0.25) is 4.79 Å². The fourth-order valence-electron chi connectivity index (χ4n) is 2.40. The molecule has 118 valence electrons. The molecule has 1 atom stereocenters. The lowest BCUT2D eigenvalue weighted by molar-refractivity contribution is -0.121. The number of amides is 1. The van der Waals surface area contributed by atoms with Crippen LogP contribution in [-0.4, -0.2) is 29.3 Å². The molecule has 1 rings (SSSR count). The van der Waals surface area contributed by atoms with Gasteiger partial charge in [0.2, 0.25) is 5.91 Å². The average Bonchev–Trinajstić information content (AvgIpc) is 2.42. The number of nitrogens with one attached hydrogen (secondary N) is 1. The number of benzene rings is 1. The van der Waals surface area contributed by atoms with E-state index in [4.69, 9.17) is 5.11 Å². The van der Waals surface area contributed by atoms with E-state index in [9.17, 15) is 9.90 Å². The van der Waals surface area contributed by atoms with Crippen LogP contribution in [0.15, 0.2) is 18.2 Å². The minimum Gasteiger partial charge on any atom is -0.508 e. The number of carbonyl (C=O) groups excluding carboxylic acids is 1. The zero-order valence-corrected chi connectivity index (χ0v) is 13.4. The highest BCUT2D eigenvalue weighted by atomic mass is 16.3. The van der Waals surface area contributed by atoms with Gasteiger partial charge in [0.15, 0.2) is 0 Å². The first kappa shape index (κ1) is 17.5. The van der Waals surface area contributed by atoms with Gasteiger partial charge < -0.3 is 15.5 Å². The summed E-state index contributed by atoms with van der Waals surface area (Å²) >= 11 is 0. The Morgan fingerprint density at radius 3 is 2.52 bits per heavy atom. The van der Waals surface area contributed by atoms with Crippen LogP contribution in [-0.2, 0) is 10.2 Å². The SMILES string of the molecule is CCC(CC(=O)NCCO)c1ccc(O)c(C(C)(C)C)c1. The van der Waals surface area contributed by atoms with E-state index in [1.54, 1.807) is 6.07 Å². The molecule has 0 saturated heterocycles. The summed E-state index contributed by atoms with van der Waals surface area (Å²) in [7, 11) is 0. The largest absolute Gasteiger partial charge is 0.508 e. The Morgan fingerprint density at radius 2 is 2.00 bits per heavy atom. The van der Waals surface area contributed by atoms with Crippen molar-refractivity contribution in [3.05, 3.63) is 29.3 Å². The Morgan fingerprint density at radius 1 is 1.33 bits per heavy atom. The van der Waals surface area contributed by atoms with Crippen molar-refractivity contribution in [3.63, 3.8) is 0 Å². The monoisotopic (exact) mass is 293 g/mol. The minimum absolute atomic E-state index is 0.0457. The Bertz CT molecular complexity index is 477. The fourth-order valence-corrected chi connectivity index (χ4v) is 2.40. The quantitative estimate of drug-likeness (QED) is 0.755. The fraction of sp³-hybridized carbons (Fsp3) is 0.588. The second-order valence-electron chi connectivity index (χ2n) is 6.41. The first-order chi connectivity index (χ1) is 9.79. The van der Waals surface area contributed by atoms with E-state index in [0.717, 1.165) is 17.5 Å². The molecule has 0 saturated carbocycles. The molecule has 1 aromatic rings. The molecule has 3 N–H and O–H groups in total. The van der Waals surface area contributed by atoms with Crippen LogP contribution < -0.4 is 5.32 Å². The van der Waals surface area contributed by atoms with Crippen molar-refractivity contribution < 1.29 is 15.0 Å². The summed E-state index contributed by atoms with van der Waals surface area (Å²) in [4.78, 5) is 11.8. The van der Waals surface area contributed by atoms with E-state index < -0.39 is 0 Å². The van der Waals surface area contributed by atoms with Crippen LogP contribution in [0.2, 0.25) is 0 Å². The Labute approximate surface area is 127 Å². The zero-order valence-electron chi connectivity index (χ0n) is 13.4. The smallest absolute Gasteiger partial charge is 0.220 e. The number of phenolic OH excluding ortho intramolecular Hbond substituents is 1. The van der Waals surface area contributed by atoms with E-state index >= 15 is 0 Å². The summed E-state index contributed by atoms with van der Waals surface area (Å²) in [5, 5.41) is 21.4. The highest BCUT2D eigenvalue weighted by Gasteiger charge is 2.21. The van der Waals surface area contributed by atoms with Crippen molar-refractivity contribution in [1.82, 2.24) is 5.32 Å². The summed E-state index contributed by atoms with van der Waals surface area (Å²) in [6, 6.07) is 5.60. The molecule has 0 aliphatic heterocycles. The molecular weight excluding hydrogens is 266 g/mol. The van der Waals surface area contributed by atoms with Gasteiger partial charge in [0.1, 0.15) is 5.75 Å². The number of rotatable bonds is 6. The first-order valence-electron chi connectivity index (χ1n) is 7.50. The molecule has 1 amide bonds. The number of aliphatic hydroxyl groups is 1. The average molecular weight is 293 g/mol. The maximum atomic E-state index is 11.8. The molecule has 1 unspecified atom stereocenters. The topological polar surface area (TPSA) is 69.6 Å². The Balaban J connectivity index is 2.93. The van der Waals surface area contributed by atoms with Crippen molar-refractivity contribution in [2.24, 2.45) is 0 Å². The predicted molar refractivity (Wildman–Crippen MR) is 84.6 cm³/mol.